The fourth-order valence-electron chi connectivity index (χ4n) is 4.85. The van der Waals surface area contributed by atoms with Crippen molar-refractivity contribution in [2.45, 2.75) is 57.1 Å². The molecule has 11 heteroatoms. The number of amides is 2. The molecule has 0 saturated carbocycles. The summed E-state index contributed by atoms with van der Waals surface area (Å²) in [6.45, 7) is 4.91. The number of rotatable bonds is 13. The molecule has 0 saturated heterocycles. The smallest absolute Gasteiger partial charge is 0.264 e. The maximum absolute atomic E-state index is 14.6. The molecule has 2 atom stereocenters. The number of halogens is 3. The van der Waals surface area contributed by atoms with Crippen LogP contribution in [0.15, 0.2) is 102 Å². The topological polar surface area (TPSA) is 86.8 Å². The van der Waals surface area contributed by atoms with Crippen molar-refractivity contribution in [3.05, 3.63) is 129 Å². The molecular weight excluding hydrogens is 665 g/mol. The number of hydrogen-bond acceptors (Lipinski definition) is 4. The molecule has 4 aromatic rings. The minimum atomic E-state index is -4.26. The molecule has 0 fully saturated rings. The molecule has 4 rings (SSSR count). The Kier molecular flexibility index (Phi) is 12.1. The van der Waals surface area contributed by atoms with Gasteiger partial charge in [-0.2, -0.15) is 0 Å². The van der Waals surface area contributed by atoms with Crippen LogP contribution in [0.5, 0.6) is 0 Å². The largest absolute Gasteiger partial charge is 0.352 e. The molecule has 7 nitrogen and oxygen atoms in total. The second-order valence-corrected chi connectivity index (χ2v) is 14.2. The number of carbonyl (C=O) groups is 2. The van der Waals surface area contributed by atoms with Crippen molar-refractivity contribution in [2.75, 3.05) is 10.8 Å². The van der Waals surface area contributed by atoms with Crippen LogP contribution in [0.2, 0.25) is 15.1 Å². The van der Waals surface area contributed by atoms with Crippen molar-refractivity contribution >= 4 is 62.3 Å². The molecule has 2 amide bonds. The van der Waals surface area contributed by atoms with Crippen LogP contribution < -0.4 is 9.62 Å². The maximum atomic E-state index is 14.6. The summed E-state index contributed by atoms with van der Waals surface area (Å²) in [5.41, 5.74) is 2.32. The van der Waals surface area contributed by atoms with E-state index in [1.165, 1.54) is 23.1 Å². The second kappa shape index (κ2) is 15.8. The fraction of sp³-hybridized carbons (Fsp3) is 0.257. The van der Waals surface area contributed by atoms with Crippen molar-refractivity contribution < 1.29 is 18.0 Å². The highest BCUT2D eigenvalue weighted by Gasteiger charge is 2.35. The van der Waals surface area contributed by atoms with E-state index in [9.17, 15) is 18.0 Å². The Morgan fingerprint density at radius 3 is 2.09 bits per heavy atom. The summed E-state index contributed by atoms with van der Waals surface area (Å²) >= 11 is 19.4. The highest BCUT2D eigenvalue weighted by molar-refractivity contribution is 7.92. The lowest BCUT2D eigenvalue weighted by Crippen LogP contribution is -2.54. The van der Waals surface area contributed by atoms with Crippen LogP contribution in [-0.4, -0.2) is 43.8 Å². The minimum Gasteiger partial charge on any atom is -0.352 e. The van der Waals surface area contributed by atoms with Gasteiger partial charge in [0.25, 0.3) is 10.0 Å². The number of hydrogen-bond donors (Lipinski definition) is 1. The van der Waals surface area contributed by atoms with Gasteiger partial charge in [-0.15, -0.1) is 0 Å². The zero-order valence-corrected chi connectivity index (χ0v) is 28.9. The van der Waals surface area contributed by atoms with Crippen molar-refractivity contribution in [1.82, 2.24) is 10.2 Å². The van der Waals surface area contributed by atoms with Crippen LogP contribution in [0.1, 0.15) is 37.0 Å². The Bertz CT molecular complexity index is 1750. The van der Waals surface area contributed by atoms with Crippen molar-refractivity contribution in [1.29, 1.82) is 0 Å². The van der Waals surface area contributed by atoms with Gasteiger partial charge in [-0.25, -0.2) is 8.42 Å². The predicted molar refractivity (Wildman–Crippen MR) is 186 cm³/mol. The molecule has 0 aliphatic rings. The van der Waals surface area contributed by atoms with Crippen LogP contribution in [-0.2, 0) is 32.6 Å². The molecular formula is C35H36Cl3N3O4S. The number of aryl methyl sites for hydroxylation is 1. The summed E-state index contributed by atoms with van der Waals surface area (Å²) in [4.78, 5) is 29.9. The molecule has 0 unspecified atom stereocenters. The van der Waals surface area contributed by atoms with E-state index in [0.717, 1.165) is 15.4 Å². The third kappa shape index (κ3) is 8.82. The summed E-state index contributed by atoms with van der Waals surface area (Å²) < 4.78 is 29.3. The van der Waals surface area contributed by atoms with E-state index in [1.807, 2.05) is 51.1 Å². The molecule has 0 bridgehead atoms. The van der Waals surface area contributed by atoms with Gasteiger partial charge in [0.2, 0.25) is 11.8 Å². The lowest BCUT2D eigenvalue weighted by molar-refractivity contribution is -0.140. The van der Waals surface area contributed by atoms with Gasteiger partial charge in [0.15, 0.2) is 0 Å². The first kappa shape index (κ1) is 35.3. The summed E-state index contributed by atoms with van der Waals surface area (Å²) in [7, 11) is -4.26. The van der Waals surface area contributed by atoms with E-state index >= 15 is 0 Å². The van der Waals surface area contributed by atoms with Gasteiger partial charge < -0.3 is 10.2 Å². The van der Waals surface area contributed by atoms with E-state index in [-0.39, 0.29) is 35.5 Å². The summed E-state index contributed by atoms with van der Waals surface area (Å²) in [6.07, 6.45) is 0.838. The standard InChI is InChI=1S/C35H36Cl3N3O4S/c1-4-25(3)39-35(43)33(20-26-10-6-5-7-11-26)40(22-30-31(37)14-9-15-32(30)38)34(42)23-41(28-13-8-12-27(36)21-28)46(44,45)29-18-16-24(2)17-19-29/h5-19,21,25,33H,4,20,22-23H2,1-3H3,(H,39,43)/t25-,33+/m1/s1. The first-order valence-electron chi connectivity index (χ1n) is 14.8. The number of sulfonamides is 1. The van der Waals surface area contributed by atoms with Crippen LogP contribution in [0.4, 0.5) is 5.69 Å². The van der Waals surface area contributed by atoms with Crippen LogP contribution >= 0.6 is 34.8 Å². The number of anilines is 1. The van der Waals surface area contributed by atoms with Gasteiger partial charge in [0.1, 0.15) is 12.6 Å². The van der Waals surface area contributed by atoms with E-state index < -0.39 is 28.5 Å². The predicted octanol–water partition coefficient (Wildman–Crippen LogP) is 7.71. The van der Waals surface area contributed by atoms with Gasteiger partial charge in [0, 0.05) is 39.6 Å². The number of benzene rings is 4. The summed E-state index contributed by atoms with van der Waals surface area (Å²) in [6, 6.07) is 25.7. The second-order valence-electron chi connectivity index (χ2n) is 11.0. The van der Waals surface area contributed by atoms with E-state index in [2.05, 4.69) is 5.32 Å². The zero-order chi connectivity index (χ0) is 33.4. The molecule has 4 aromatic carbocycles. The summed E-state index contributed by atoms with van der Waals surface area (Å²) in [5, 5.41) is 3.92. The Morgan fingerprint density at radius 2 is 1.48 bits per heavy atom. The van der Waals surface area contributed by atoms with Crippen LogP contribution in [0.3, 0.4) is 0 Å². The van der Waals surface area contributed by atoms with Crippen molar-refractivity contribution in [3.63, 3.8) is 0 Å². The van der Waals surface area contributed by atoms with E-state index in [1.54, 1.807) is 48.5 Å². The van der Waals surface area contributed by atoms with Crippen LogP contribution in [0.25, 0.3) is 0 Å². The molecule has 0 aromatic heterocycles. The quantitative estimate of drug-likeness (QED) is 0.155. The summed E-state index contributed by atoms with van der Waals surface area (Å²) in [5.74, 6) is -1.02. The van der Waals surface area contributed by atoms with E-state index in [0.29, 0.717) is 27.1 Å². The average Bonchev–Trinajstić information content (AvgIpc) is 3.03. The number of nitrogens with zero attached hydrogens (tertiary/aromatic N) is 2. The maximum Gasteiger partial charge on any atom is 0.264 e. The minimum absolute atomic E-state index is 0.00178. The van der Waals surface area contributed by atoms with Gasteiger partial charge in [-0.05, 0) is 68.3 Å². The molecule has 0 aliphatic heterocycles. The highest BCUT2D eigenvalue weighted by Crippen LogP contribution is 2.30. The van der Waals surface area contributed by atoms with Crippen molar-refractivity contribution in [2.24, 2.45) is 0 Å². The molecule has 0 spiro atoms. The molecule has 46 heavy (non-hydrogen) atoms. The number of carbonyl (C=O) groups excluding carboxylic acids is 2. The molecule has 1 N–H and O–H groups in total. The Labute approximate surface area is 286 Å². The first-order valence-corrected chi connectivity index (χ1v) is 17.4. The Morgan fingerprint density at radius 1 is 0.848 bits per heavy atom. The average molecular weight is 701 g/mol. The molecule has 242 valence electrons. The zero-order valence-electron chi connectivity index (χ0n) is 25.8. The number of nitrogens with one attached hydrogen (secondary N) is 1. The normalized spacial score (nSPS) is 12.7. The Balaban J connectivity index is 1.84. The SMILES string of the molecule is CC[C@@H](C)NC(=O)[C@H](Cc1ccccc1)N(Cc1c(Cl)cccc1Cl)C(=O)CN(c1cccc(Cl)c1)S(=O)(=O)c1ccc(C)cc1. The lowest BCUT2D eigenvalue weighted by atomic mass is 10.0. The molecule has 0 radical (unpaired) electrons. The molecule has 0 aliphatic carbocycles. The first-order chi connectivity index (χ1) is 21.9. The van der Waals surface area contributed by atoms with E-state index in [4.69, 9.17) is 34.8 Å². The molecule has 0 heterocycles. The Hall–Kier alpha value is -3.56. The lowest BCUT2D eigenvalue weighted by Gasteiger charge is -2.34. The highest BCUT2D eigenvalue weighted by atomic mass is 35.5. The fourth-order valence-corrected chi connectivity index (χ4v) is 6.95. The van der Waals surface area contributed by atoms with Gasteiger partial charge >= 0.3 is 0 Å². The third-order valence-electron chi connectivity index (χ3n) is 7.65. The van der Waals surface area contributed by atoms with Gasteiger partial charge in [0.05, 0.1) is 10.6 Å². The van der Waals surface area contributed by atoms with Crippen molar-refractivity contribution in [3.8, 4) is 0 Å². The van der Waals surface area contributed by atoms with Gasteiger partial charge in [-0.3, -0.25) is 13.9 Å². The van der Waals surface area contributed by atoms with Gasteiger partial charge in [-0.1, -0.05) is 102 Å². The monoisotopic (exact) mass is 699 g/mol. The third-order valence-corrected chi connectivity index (χ3v) is 10.4. The van der Waals surface area contributed by atoms with Crippen LogP contribution in [0, 0.1) is 6.92 Å².